The Hall–Kier alpha value is -1.26. The molecule has 0 aliphatic carbocycles. The van der Waals surface area contributed by atoms with E-state index in [9.17, 15) is 9.59 Å². The number of hydrogen-bond acceptors (Lipinski definition) is 3. The zero-order chi connectivity index (χ0) is 9.14. The van der Waals surface area contributed by atoms with Gasteiger partial charge in [0, 0.05) is 12.6 Å². The van der Waals surface area contributed by atoms with E-state index < -0.39 is 6.09 Å². The summed E-state index contributed by atoms with van der Waals surface area (Å²) in [6, 6.07) is -0.171. The van der Waals surface area contributed by atoms with Gasteiger partial charge in [0.05, 0.1) is 13.5 Å². The molecule has 1 fully saturated rings. The van der Waals surface area contributed by atoms with Crippen LogP contribution in [0.1, 0.15) is 12.8 Å². The molecule has 1 saturated heterocycles. The number of rotatable bonds is 2. The van der Waals surface area contributed by atoms with Crippen molar-refractivity contribution in [2.45, 2.75) is 18.9 Å². The van der Waals surface area contributed by atoms with Crippen LogP contribution >= 0.6 is 0 Å². The molecule has 1 aliphatic rings. The molecule has 0 aromatic carbocycles. The van der Waals surface area contributed by atoms with E-state index in [4.69, 9.17) is 5.11 Å². The Labute approximate surface area is 69.9 Å². The molecule has 1 rings (SSSR count). The molecule has 12 heavy (non-hydrogen) atoms. The van der Waals surface area contributed by atoms with Crippen LogP contribution in [0.25, 0.3) is 0 Å². The van der Waals surface area contributed by atoms with Crippen molar-refractivity contribution in [3.63, 3.8) is 0 Å². The van der Waals surface area contributed by atoms with Gasteiger partial charge in [-0.1, -0.05) is 0 Å². The Kier molecular flexibility index (Phi) is 2.52. The molecule has 5 nitrogen and oxygen atoms in total. The predicted molar refractivity (Wildman–Crippen MR) is 39.8 cm³/mol. The van der Waals surface area contributed by atoms with Crippen molar-refractivity contribution in [2.75, 3.05) is 13.7 Å². The number of methoxy groups -OCH3 is 1. The lowest BCUT2D eigenvalue weighted by Crippen LogP contribution is -2.51. The van der Waals surface area contributed by atoms with Gasteiger partial charge in [-0.15, -0.1) is 0 Å². The first-order valence-electron chi connectivity index (χ1n) is 3.71. The first kappa shape index (κ1) is 8.83. The van der Waals surface area contributed by atoms with Gasteiger partial charge in [0.15, 0.2) is 0 Å². The summed E-state index contributed by atoms with van der Waals surface area (Å²) < 4.78 is 4.43. The van der Waals surface area contributed by atoms with Gasteiger partial charge in [-0.25, -0.2) is 4.79 Å². The Balaban J connectivity index is 2.34. The number of likely N-dealkylation sites (tertiary alicyclic amines) is 1. The monoisotopic (exact) mass is 173 g/mol. The quantitative estimate of drug-likeness (QED) is 0.610. The number of nitrogens with zero attached hydrogens (tertiary/aromatic N) is 1. The van der Waals surface area contributed by atoms with Crippen LogP contribution in [0.2, 0.25) is 0 Å². The highest BCUT2D eigenvalue weighted by Gasteiger charge is 2.33. The molecule has 0 aromatic heterocycles. The molecule has 68 valence electrons. The summed E-state index contributed by atoms with van der Waals surface area (Å²) >= 11 is 0. The van der Waals surface area contributed by atoms with E-state index in [0.29, 0.717) is 6.54 Å². The van der Waals surface area contributed by atoms with Crippen molar-refractivity contribution in [1.29, 1.82) is 0 Å². The second kappa shape index (κ2) is 3.42. The standard InChI is InChI=1S/C7H11NO4/c1-12-6(9)4-5-2-3-8(5)7(10)11/h5H,2-4H2,1H3,(H,10,11)/t5-/m0/s1. The minimum Gasteiger partial charge on any atom is -0.469 e. The minimum absolute atomic E-state index is 0.169. The molecule has 0 aromatic rings. The number of esters is 1. The fourth-order valence-corrected chi connectivity index (χ4v) is 1.18. The molecule has 1 atom stereocenters. The lowest BCUT2D eigenvalue weighted by Gasteiger charge is -2.37. The van der Waals surface area contributed by atoms with E-state index in [1.807, 2.05) is 0 Å². The molecular weight excluding hydrogens is 162 g/mol. The van der Waals surface area contributed by atoms with Crippen LogP contribution in [0.5, 0.6) is 0 Å². The fraction of sp³-hybridized carbons (Fsp3) is 0.714. The molecule has 1 aliphatic heterocycles. The number of carboxylic acid groups (broad SMARTS) is 1. The number of carbonyl (C=O) groups excluding carboxylic acids is 1. The Morgan fingerprint density at radius 3 is 2.67 bits per heavy atom. The maximum Gasteiger partial charge on any atom is 0.407 e. The second-order valence-electron chi connectivity index (χ2n) is 2.70. The summed E-state index contributed by atoms with van der Waals surface area (Å²) in [5.74, 6) is -0.356. The van der Waals surface area contributed by atoms with Crippen LogP contribution in [0.4, 0.5) is 4.79 Å². The molecule has 0 saturated carbocycles. The highest BCUT2D eigenvalue weighted by atomic mass is 16.5. The van der Waals surface area contributed by atoms with Crippen LogP contribution in [-0.4, -0.2) is 41.8 Å². The Bertz CT molecular complexity index is 204. The summed E-state index contributed by atoms with van der Waals surface area (Å²) in [6.07, 6.45) is -0.0420. The topological polar surface area (TPSA) is 66.8 Å². The molecule has 0 spiro atoms. The summed E-state index contributed by atoms with van der Waals surface area (Å²) in [4.78, 5) is 22.4. The maximum absolute atomic E-state index is 10.7. The van der Waals surface area contributed by atoms with Crippen molar-refractivity contribution >= 4 is 12.1 Å². The number of hydrogen-bond donors (Lipinski definition) is 1. The molecule has 1 heterocycles. The van der Waals surface area contributed by atoms with Gasteiger partial charge in [-0.05, 0) is 6.42 Å². The summed E-state index contributed by atoms with van der Waals surface area (Å²) in [5, 5.41) is 8.56. The van der Waals surface area contributed by atoms with E-state index in [2.05, 4.69) is 4.74 Å². The molecule has 0 radical (unpaired) electrons. The Morgan fingerprint density at radius 2 is 2.33 bits per heavy atom. The van der Waals surface area contributed by atoms with Crippen molar-refractivity contribution < 1.29 is 19.4 Å². The van der Waals surface area contributed by atoms with Crippen LogP contribution < -0.4 is 0 Å². The van der Waals surface area contributed by atoms with Crippen molar-refractivity contribution in [3.8, 4) is 0 Å². The van der Waals surface area contributed by atoms with Gasteiger partial charge in [0.1, 0.15) is 0 Å². The average molecular weight is 173 g/mol. The number of ether oxygens (including phenoxy) is 1. The van der Waals surface area contributed by atoms with E-state index in [-0.39, 0.29) is 18.4 Å². The Morgan fingerprint density at radius 1 is 1.67 bits per heavy atom. The van der Waals surface area contributed by atoms with Crippen molar-refractivity contribution in [2.24, 2.45) is 0 Å². The highest BCUT2D eigenvalue weighted by molar-refractivity contribution is 5.72. The van der Waals surface area contributed by atoms with Gasteiger partial charge in [0.25, 0.3) is 0 Å². The van der Waals surface area contributed by atoms with E-state index >= 15 is 0 Å². The second-order valence-corrected chi connectivity index (χ2v) is 2.70. The first-order chi connectivity index (χ1) is 5.65. The smallest absolute Gasteiger partial charge is 0.407 e. The van der Waals surface area contributed by atoms with Crippen LogP contribution in [0, 0.1) is 0 Å². The predicted octanol–water partition coefficient (Wildman–Crippen LogP) is 0.302. The molecule has 0 unspecified atom stereocenters. The third-order valence-corrected chi connectivity index (χ3v) is 2.02. The van der Waals surface area contributed by atoms with E-state index in [1.165, 1.54) is 12.0 Å². The first-order valence-corrected chi connectivity index (χ1v) is 3.71. The van der Waals surface area contributed by atoms with Gasteiger partial charge >= 0.3 is 12.1 Å². The van der Waals surface area contributed by atoms with Crippen LogP contribution in [0.3, 0.4) is 0 Å². The minimum atomic E-state index is -0.963. The summed E-state index contributed by atoms with van der Waals surface area (Å²) in [5.41, 5.74) is 0. The van der Waals surface area contributed by atoms with E-state index in [0.717, 1.165) is 6.42 Å². The van der Waals surface area contributed by atoms with Crippen molar-refractivity contribution in [1.82, 2.24) is 4.90 Å². The van der Waals surface area contributed by atoms with Crippen LogP contribution in [0.15, 0.2) is 0 Å². The largest absolute Gasteiger partial charge is 0.469 e. The molecule has 1 N–H and O–H groups in total. The maximum atomic E-state index is 10.7. The SMILES string of the molecule is COC(=O)C[C@@H]1CCN1C(=O)O. The van der Waals surface area contributed by atoms with Gasteiger partial charge < -0.3 is 14.7 Å². The number of amides is 1. The zero-order valence-corrected chi connectivity index (χ0v) is 6.82. The number of carbonyl (C=O) groups is 2. The fourth-order valence-electron chi connectivity index (χ4n) is 1.18. The normalized spacial score (nSPS) is 21.4. The molecule has 5 heteroatoms. The van der Waals surface area contributed by atoms with Gasteiger partial charge in [-0.2, -0.15) is 0 Å². The average Bonchev–Trinajstić information content (AvgIpc) is 1.96. The molecule has 1 amide bonds. The third kappa shape index (κ3) is 1.66. The zero-order valence-electron chi connectivity index (χ0n) is 6.82. The lowest BCUT2D eigenvalue weighted by atomic mass is 10.0. The van der Waals surface area contributed by atoms with Gasteiger partial charge in [0.2, 0.25) is 0 Å². The van der Waals surface area contributed by atoms with Crippen LogP contribution in [-0.2, 0) is 9.53 Å². The van der Waals surface area contributed by atoms with Crippen molar-refractivity contribution in [3.05, 3.63) is 0 Å². The van der Waals surface area contributed by atoms with E-state index in [1.54, 1.807) is 0 Å². The third-order valence-electron chi connectivity index (χ3n) is 2.02. The lowest BCUT2D eigenvalue weighted by molar-refractivity contribution is -0.142. The molecular formula is C7H11NO4. The highest BCUT2D eigenvalue weighted by Crippen LogP contribution is 2.20. The molecule has 0 bridgehead atoms. The summed E-state index contributed by atoms with van der Waals surface area (Å²) in [7, 11) is 1.30. The van der Waals surface area contributed by atoms with Gasteiger partial charge in [-0.3, -0.25) is 4.79 Å². The summed E-state index contributed by atoms with van der Waals surface area (Å²) in [6.45, 7) is 0.525.